The molecule has 110 valence electrons. The summed E-state index contributed by atoms with van der Waals surface area (Å²) >= 11 is 0.583. The molecule has 0 amide bonds. The van der Waals surface area contributed by atoms with Gasteiger partial charge in [0.05, 0.1) is 11.6 Å². The number of hydrogen-bond acceptors (Lipinski definition) is 4. The Labute approximate surface area is 117 Å². The average molecular weight is 306 g/mol. The second kappa shape index (κ2) is 4.34. The highest BCUT2D eigenvalue weighted by molar-refractivity contribution is 7.15. The Morgan fingerprint density at radius 1 is 1.55 bits per heavy atom. The molecule has 1 N–H and O–H groups in total. The summed E-state index contributed by atoms with van der Waals surface area (Å²) in [6, 6.07) is 0. The molecule has 1 aromatic rings. The van der Waals surface area contributed by atoms with Gasteiger partial charge in [0.25, 0.3) is 0 Å². The van der Waals surface area contributed by atoms with Crippen molar-refractivity contribution in [1.82, 2.24) is 4.98 Å². The lowest BCUT2D eigenvalue weighted by Gasteiger charge is -2.23. The summed E-state index contributed by atoms with van der Waals surface area (Å²) in [4.78, 5) is 16.3. The molecule has 1 aliphatic carbocycles. The van der Waals surface area contributed by atoms with E-state index < -0.39 is 22.4 Å². The van der Waals surface area contributed by atoms with Crippen molar-refractivity contribution < 1.29 is 23.1 Å². The standard InChI is InChI=1S/C12H13F3N2O2S/c13-12(14,15)8-4-16-10(20-8)17-5-7-2-1-3-11(7,6-17)9(18)19/h4,7H,1-3,5-6H2,(H,18,19)/t7-,11+/m0/s1. The predicted octanol–water partition coefficient (Wildman–Crippen LogP) is 2.85. The molecular formula is C12H13F3N2O2S. The van der Waals surface area contributed by atoms with E-state index in [1.54, 1.807) is 4.90 Å². The SMILES string of the molecule is O=C(O)[C@@]12CCC[C@H]1CN(c1ncc(C(F)(F)F)s1)C2. The molecule has 0 aromatic carbocycles. The second-order valence-corrected chi connectivity index (χ2v) is 6.44. The van der Waals surface area contributed by atoms with Gasteiger partial charge in [0.15, 0.2) is 5.13 Å². The number of aliphatic carboxylic acids is 1. The first kappa shape index (κ1) is 13.7. The molecule has 2 atom stereocenters. The molecule has 20 heavy (non-hydrogen) atoms. The van der Waals surface area contributed by atoms with Crippen LogP contribution in [-0.2, 0) is 11.0 Å². The zero-order chi connectivity index (χ0) is 14.5. The van der Waals surface area contributed by atoms with Gasteiger partial charge < -0.3 is 10.0 Å². The molecule has 1 saturated heterocycles. The van der Waals surface area contributed by atoms with Crippen molar-refractivity contribution in [3.8, 4) is 0 Å². The van der Waals surface area contributed by atoms with Gasteiger partial charge in [0.1, 0.15) is 4.88 Å². The minimum atomic E-state index is -4.39. The lowest BCUT2D eigenvalue weighted by molar-refractivity contribution is -0.149. The molecule has 2 aliphatic rings. The van der Waals surface area contributed by atoms with E-state index in [4.69, 9.17) is 0 Å². The zero-order valence-corrected chi connectivity index (χ0v) is 11.3. The zero-order valence-electron chi connectivity index (χ0n) is 10.5. The van der Waals surface area contributed by atoms with Gasteiger partial charge in [-0.2, -0.15) is 13.2 Å². The maximum absolute atomic E-state index is 12.6. The predicted molar refractivity (Wildman–Crippen MR) is 66.7 cm³/mol. The molecule has 1 aliphatic heterocycles. The number of thiazole rings is 1. The summed E-state index contributed by atoms with van der Waals surface area (Å²) in [6.07, 6.45) is -1.28. The highest BCUT2D eigenvalue weighted by Crippen LogP contribution is 2.50. The molecule has 0 unspecified atom stereocenters. The van der Waals surface area contributed by atoms with Gasteiger partial charge in [-0.1, -0.05) is 17.8 Å². The van der Waals surface area contributed by atoms with E-state index >= 15 is 0 Å². The summed E-state index contributed by atoms with van der Waals surface area (Å²) < 4.78 is 37.7. The smallest absolute Gasteiger partial charge is 0.427 e. The maximum atomic E-state index is 12.6. The molecule has 4 nitrogen and oxygen atoms in total. The summed E-state index contributed by atoms with van der Waals surface area (Å²) in [5, 5.41) is 9.72. The number of alkyl halides is 3. The monoisotopic (exact) mass is 306 g/mol. The Morgan fingerprint density at radius 3 is 2.85 bits per heavy atom. The fourth-order valence-corrected chi connectivity index (χ4v) is 4.12. The van der Waals surface area contributed by atoms with Crippen LogP contribution in [0.2, 0.25) is 0 Å². The molecule has 3 rings (SSSR count). The van der Waals surface area contributed by atoms with Crippen LogP contribution in [0.15, 0.2) is 6.20 Å². The fourth-order valence-electron chi connectivity index (χ4n) is 3.33. The van der Waals surface area contributed by atoms with Crippen LogP contribution in [-0.4, -0.2) is 29.1 Å². The van der Waals surface area contributed by atoms with E-state index in [9.17, 15) is 23.1 Å². The van der Waals surface area contributed by atoms with Crippen LogP contribution in [0.4, 0.5) is 18.3 Å². The normalized spacial score (nSPS) is 29.8. The quantitative estimate of drug-likeness (QED) is 0.913. The summed E-state index contributed by atoms with van der Waals surface area (Å²) in [5.74, 6) is -0.826. The Morgan fingerprint density at radius 2 is 2.30 bits per heavy atom. The first-order valence-electron chi connectivity index (χ1n) is 6.34. The number of anilines is 1. The largest absolute Gasteiger partial charge is 0.481 e. The van der Waals surface area contributed by atoms with Crippen LogP contribution in [0.1, 0.15) is 24.1 Å². The summed E-state index contributed by atoms with van der Waals surface area (Å²) in [7, 11) is 0. The van der Waals surface area contributed by atoms with Crippen molar-refractivity contribution in [3.05, 3.63) is 11.1 Å². The number of nitrogens with zero attached hydrogens (tertiary/aromatic N) is 2. The van der Waals surface area contributed by atoms with E-state index in [1.807, 2.05) is 0 Å². The van der Waals surface area contributed by atoms with E-state index in [0.29, 0.717) is 24.3 Å². The number of halogens is 3. The average Bonchev–Trinajstić information content (AvgIpc) is 3.00. The van der Waals surface area contributed by atoms with E-state index in [-0.39, 0.29) is 17.6 Å². The second-order valence-electron chi connectivity index (χ2n) is 5.44. The molecule has 0 spiro atoms. The van der Waals surface area contributed by atoms with Crippen LogP contribution >= 0.6 is 11.3 Å². The third-order valence-electron chi connectivity index (χ3n) is 4.34. The molecule has 1 aromatic heterocycles. The van der Waals surface area contributed by atoms with Gasteiger partial charge in [0.2, 0.25) is 0 Å². The molecule has 0 bridgehead atoms. The lowest BCUT2D eigenvalue weighted by atomic mass is 9.81. The fraction of sp³-hybridized carbons (Fsp3) is 0.667. The number of carbonyl (C=O) groups is 1. The maximum Gasteiger partial charge on any atom is 0.427 e. The minimum Gasteiger partial charge on any atom is -0.481 e. The lowest BCUT2D eigenvalue weighted by Crippen LogP contribution is -2.35. The van der Waals surface area contributed by atoms with Crippen molar-refractivity contribution in [2.75, 3.05) is 18.0 Å². The molecular weight excluding hydrogens is 293 g/mol. The number of aromatic nitrogens is 1. The van der Waals surface area contributed by atoms with Gasteiger partial charge >= 0.3 is 12.1 Å². The van der Waals surface area contributed by atoms with Gasteiger partial charge in [-0.3, -0.25) is 4.79 Å². The highest BCUT2D eigenvalue weighted by Gasteiger charge is 2.55. The van der Waals surface area contributed by atoms with Gasteiger partial charge in [-0.15, -0.1) is 0 Å². The molecule has 2 heterocycles. The summed E-state index contributed by atoms with van der Waals surface area (Å²) in [6.45, 7) is 0.745. The molecule has 8 heteroatoms. The molecule has 1 saturated carbocycles. The Hall–Kier alpha value is -1.31. The first-order chi connectivity index (χ1) is 9.33. The number of carboxylic acids is 1. The van der Waals surface area contributed by atoms with Crippen LogP contribution in [0.5, 0.6) is 0 Å². The third-order valence-corrected chi connectivity index (χ3v) is 5.44. The van der Waals surface area contributed by atoms with Crippen LogP contribution in [0.25, 0.3) is 0 Å². The number of carboxylic acid groups (broad SMARTS) is 1. The Bertz CT molecular complexity index is 545. The van der Waals surface area contributed by atoms with Gasteiger partial charge in [-0.05, 0) is 18.8 Å². The van der Waals surface area contributed by atoms with Crippen molar-refractivity contribution in [1.29, 1.82) is 0 Å². The van der Waals surface area contributed by atoms with Gasteiger partial charge in [0, 0.05) is 13.1 Å². The van der Waals surface area contributed by atoms with Crippen molar-refractivity contribution in [2.24, 2.45) is 11.3 Å². The van der Waals surface area contributed by atoms with Crippen LogP contribution < -0.4 is 4.90 Å². The number of rotatable bonds is 2. The first-order valence-corrected chi connectivity index (χ1v) is 7.16. The molecule has 0 radical (unpaired) electrons. The minimum absolute atomic E-state index is 0.0123. The Kier molecular flexibility index (Phi) is 2.97. The number of fused-ring (bicyclic) bond motifs is 1. The number of hydrogen-bond donors (Lipinski definition) is 1. The van der Waals surface area contributed by atoms with E-state index in [1.165, 1.54) is 0 Å². The van der Waals surface area contributed by atoms with E-state index in [2.05, 4.69) is 4.98 Å². The van der Waals surface area contributed by atoms with Crippen molar-refractivity contribution >= 4 is 22.4 Å². The van der Waals surface area contributed by atoms with Crippen LogP contribution in [0, 0.1) is 11.3 Å². The van der Waals surface area contributed by atoms with Crippen molar-refractivity contribution in [3.63, 3.8) is 0 Å². The topological polar surface area (TPSA) is 53.4 Å². The van der Waals surface area contributed by atoms with Crippen LogP contribution in [0.3, 0.4) is 0 Å². The summed E-state index contributed by atoms with van der Waals surface area (Å²) in [5.41, 5.74) is -0.802. The van der Waals surface area contributed by atoms with E-state index in [0.717, 1.165) is 19.0 Å². The van der Waals surface area contributed by atoms with Crippen molar-refractivity contribution in [2.45, 2.75) is 25.4 Å². The highest BCUT2D eigenvalue weighted by atomic mass is 32.1. The third kappa shape index (κ3) is 1.97. The van der Waals surface area contributed by atoms with Gasteiger partial charge in [-0.25, -0.2) is 4.98 Å². The Balaban J connectivity index is 1.84. The molecule has 2 fully saturated rings.